The summed E-state index contributed by atoms with van der Waals surface area (Å²) in [5.41, 5.74) is 8.89. The predicted molar refractivity (Wildman–Crippen MR) is 73.8 cm³/mol. The molecule has 18 heavy (non-hydrogen) atoms. The van der Waals surface area contributed by atoms with Crippen molar-refractivity contribution in [1.29, 1.82) is 0 Å². The van der Waals surface area contributed by atoms with Crippen LogP contribution in [0.25, 0.3) is 0 Å². The highest BCUT2D eigenvalue weighted by Crippen LogP contribution is 2.23. The number of nitrogen functional groups attached to an aromatic ring is 1. The number of nitrogens with two attached hydrogens (primary N) is 1. The van der Waals surface area contributed by atoms with E-state index in [0.29, 0.717) is 6.54 Å². The van der Waals surface area contributed by atoms with Gasteiger partial charge in [-0.3, -0.25) is 4.99 Å². The number of aliphatic imine (C=N–C) groups is 2. The Balaban J connectivity index is 1.86. The number of morpholine rings is 1. The Bertz CT molecular complexity index is 504. The van der Waals surface area contributed by atoms with Crippen LogP contribution in [0.2, 0.25) is 0 Å². The maximum atomic E-state index is 6.10. The summed E-state index contributed by atoms with van der Waals surface area (Å²) in [5.74, 6) is 0.737. The first kappa shape index (κ1) is 11.2. The molecule has 2 aliphatic heterocycles. The molecule has 5 heteroatoms. The summed E-state index contributed by atoms with van der Waals surface area (Å²) in [4.78, 5) is 10.8. The van der Waals surface area contributed by atoms with E-state index in [1.54, 1.807) is 6.21 Å². The molecular weight excluding hydrogens is 228 g/mol. The molecule has 3 rings (SSSR count). The van der Waals surface area contributed by atoms with Gasteiger partial charge >= 0.3 is 0 Å². The van der Waals surface area contributed by atoms with E-state index in [4.69, 9.17) is 10.5 Å². The third-order valence-corrected chi connectivity index (χ3v) is 3.19. The molecule has 5 nitrogen and oxygen atoms in total. The summed E-state index contributed by atoms with van der Waals surface area (Å²) in [7, 11) is 0. The molecule has 1 aromatic rings. The third-order valence-electron chi connectivity index (χ3n) is 3.19. The van der Waals surface area contributed by atoms with Gasteiger partial charge in [0.2, 0.25) is 0 Å². The predicted octanol–water partition coefficient (Wildman–Crippen LogP) is 0.936. The SMILES string of the molecule is Nc1cc(N2CCOCC2)ccc1C1=NCC=N1. The lowest BCUT2D eigenvalue weighted by atomic mass is 10.1. The fourth-order valence-electron chi connectivity index (χ4n) is 2.22. The Hall–Kier alpha value is -1.88. The maximum Gasteiger partial charge on any atom is 0.156 e. The molecule has 1 fully saturated rings. The number of benzene rings is 1. The molecule has 0 aliphatic carbocycles. The topological polar surface area (TPSA) is 63.2 Å². The zero-order valence-corrected chi connectivity index (χ0v) is 10.2. The summed E-state index contributed by atoms with van der Waals surface area (Å²) >= 11 is 0. The van der Waals surface area contributed by atoms with E-state index in [-0.39, 0.29) is 0 Å². The summed E-state index contributed by atoms with van der Waals surface area (Å²) < 4.78 is 5.35. The van der Waals surface area contributed by atoms with Crippen LogP contribution in [-0.4, -0.2) is 44.9 Å². The fourth-order valence-corrected chi connectivity index (χ4v) is 2.22. The van der Waals surface area contributed by atoms with Crippen LogP contribution < -0.4 is 10.6 Å². The second-order valence-electron chi connectivity index (χ2n) is 4.35. The number of ether oxygens (including phenoxy) is 1. The van der Waals surface area contributed by atoms with Gasteiger partial charge < -0.3 is 15.4 Å². The van der Waals surface area contributed by atoms with Crippen LogP contribution >= 0.6 is 0 Å². The lowest BCUT2D eigenvalue weighted by Crippen LogP contribution is -2.36. The molecule has 0 aromatic heterocycles. The molecule has 0 unspecified atom stereocenters. The zero-order chi connectivity index (χ0) is 12.4. The van der Waals surface area contributed by atoms with Crippen LogP contribution in [0.5, 0.6) is 0 Å². The van der Waals surface area contributed by atoms with E-state index in [1.807, 2.05) is 12.1 Å². The Morgan fingerprint density at radius 1 is 1.22 bits per heavy atom. The van der Waals surface area contributed by atoms with Crippen molar-refractivity contribution < 1.29 is 4.74 Å². The molecule has 0 radical (unpaired) electrons. The van der Waals surface area contributed by atoms with Gasteiger partial charge in [0.15, 0.2) is 5.84 Å². The average molecular weight is 244 g/mol. The third kappa shape index (κ3) is 2.09. The fraction of sp³-hybridized carbons (Fsp3) is 0.385. The number of hydrogen-bond donors (Lipinski definition) is 1. The largest absolute Gasteiger partial charge is 0.398 e. The Labute approximate surface area is 106 Å². The first-order valence-electron chi connectivity index (χ1n) is 6.14. The van der Waals surface area contributed by atoms with E-state index < -0.39 is 0 Å². The lowest BCUT2D eigenvalue weighted by molar-refractivity contribution is 0.122. The molecule has 0 bridgehead atoms. The van der Waals surface area contributed by atoms with Crippen molar-refractivity contribution in [3.05, 3.63) is 23.8 Å². The van der Waals surface area contributed by atoms with Crippen molar-refractivity contribution in [1.82, 2.24) is 0 Å². The maximum absolute atomic E-state index is 6.10. The van der Waals surface area contributed by atoms with Crippen LogP contribution in [0.1, 0.15) is 5.56 Å². The number of anilines is 2. The highest BCUT2D eigenvalue weighted by atomic mass is 16.5. The minimum absolute atomic E-state index is 0.653. The number of amidine groups is 1. The normalized spacial score (nSPS) is 19.1. The molecule has 0 atom stereocenters. The van der Waals surface area contributed by atoms with Gasteiger partial charge in [0.25, 0.3) is 0 Å². The van der Waals surface area contributed by atoms with Gasteiger partial charge in [-0.2, -0.15) is 0 Å². The molecule has 2 heterocycles. The van der Waals surface area contributed by atoms with Crippen LogP contribution in [-0.2, 0) is 4.74 Å². The molecule has 0 saturated carbocycles. The van der Waals surface area contributed by atoms with Crippen LogP contribution in [0.3, 0.4) is 0 Å². The zero-order valence-electron chi connectivity index (χ0n) is 10.2. The Kier molecular flexibility index (Phi) is 2.98. The van der Waals surface area contributed by atoms with Crippen molar-refractivity contribution in [2.45, 2.75) is 0 Å². The van der Waals surface area contributed by atoms with Gasteiger partial charge in [-0.05, 0) is 18.2 Å². The van der Waals surface area contributed by atoms with Crippen LogP contribution in [0, 0.1) is 0 Å². The van der Waals surface area contributed by atoms with E-state index in [9.17, 15) is 0 Å². The molecular formula is C13H16N4O. The van der Waals surface area contributed by atoms with Crippen LogP contribution in [0.4, 0.5) is 11.4 Å². The van der Waals surface area contributed by atoms with Crippen molar-refractivity contribution in [3.63, 3.8) is 0 Å². The summed E-state index contributed by atoms with van der Waals surface area (Å²) in [6, 6.07) is 6.08. The minimum Gasteiger partial charge on any atom is -0.398 e. The monoisotopic (exact) mass is 244 g/mol. The molecule has 1 saturated heterocycles. The van der Waals surface area contributed by atoms with Gasteiger partial charge in [-0.25, -0.2) is 4.99 Å². The molecule has 0 spiro atoms. The van der Waals surface area contributed by atoms with Crippen molar-refractivity contribution >= 4 is 23.4 Å². The quantitative estimate of drug-likeness (QED) is 0.787. The van der Waals surface area contributed by atoms with Crippen LogP contribution in [0.15, 0.2) is 28.2 Å². The van der Waals surface area contributed by atoms with Crippen molar-refractivity contribution in [2.75, 3.05) is 43.5 Å². The van der Waals surface area contributed by atoms with E-state index in [0.717, 1.165) is 49.1 Å². The standard InChI is InChI=1S/C13H16N4O/c14-12-9-10(17-5-7-18-8-6-17)1-2-11(12)13-15-3-4-16-13/h1-3,9H,4-8,14H2. The number of hydrogen-bond acceptors (Lipinski definition) is 5. The first-order chi connectivity index (χ1) is 8.84. The number of nitrogens with zero attached hydrogens (tertiary/aromatic N) is 3. The van der Waals surface area contributed by atoms with Gasteiger partial charge in [-0.15, -0.1) is 0 Å². The van der Waals surface area contributed by atoms with E-state index >= 15 is 0 Å². The Morgan fingerprint density at radius 2 is 2.06 bits per heavy atom. The Morgan fingerprint density at radius 3 is 2.72 bits per heavy atom. The highest BCUT2D eigenvalue weighted by Gasteiger charge is 2.14. The smallest absolute Gasteiger partial charge is 0.156 e. The van der Waals surface area contributed by atoms with Gasteiger partial charge in [0.1, 0.15) is 0 Å². The second kappa shape index (κ2) is 4.78. The highest BCUT2D eigenvalue weighted by molar-refractivity contribution is 6.09. The molecule has 1 aromatic carbocycles. The van der Waals surface area contributed by atoms with Crippen molar-refractivity contribution in [2.24, 2.45) is 9.98 Å². The van der Waals surface area contributed by atoms with E-state index in [2.05, 4.69) is 21.0 Å². The van der Waals surface area contributed by atoms with Gasteiger partial charge in [0.05, 0.1) is 19.8 Å². The van der Waals surface area contributed by atoms with E-state index in [1.165, 1.54) is 0 Å². The first-order valence-corrected chi connectivity index (χ1v) is 6.14. The summed E-state index contributed by atoms with van der Waals surface area (Å²) in [5, 5.41) is 0. The molecule has 2 aliphatic rings. The molecule has 0 amide bonds. The average Bonchev–Trinajstić information content (AvgIpc) is 2.93. The lowest BCUT2D eigenvalue weighted by Gasteiger charge is -2.29. The second-order valence-corrected chi connectivity index (χ2v) is 4.35. The van der Waals surface area contributed by atoms with Gasteiger partial charge in [-0.1, -0.05) is 0 Å². The summed E-state index contributed by atoms with van der Waals surface area (Å²) in [6.07, 6.45) is 1.80. The number of rotatable bonds is 2. The summed E-state index contributed by atoms with van der Waals surface area (Å²) in [6.45, 7) is 4.03. The van der Waals surface area contributed by atoms with Crippen molar-refractivity contribution in [3.8, 4) is 0 Å². The molecule has 94 valence electrons. The molecule has 2 N–H and O–H groups in total. The van der Waals surface area contributed by atoms with Gasteiger partial charge in [0, 0.05) is 36.2 Å². The minimum atomic E-state index is 0.653.